The van der Waals surface area contributed by atoms with Gasteiger partial charge in [0.05, 0.1) is 18.8 Å². The predicted octanol–water partition coefficient (Wildman–Crippen LogP) is 4.62. The molecule has 0 fully saturated rings. The fourth-order valence-corrected chi connectivity index (χ4v) is 3.77. The maximum atomic E-state index is 13.8. The number of hydrogen-bond donors (Lipinski definition) is 0. The zero-order valence-corrected chi connectivity index (χ0v) is 15.9. The Morgan fingerprint density at radius 1 is 1.07 bits per heavy atom. The maximum absolute atomic E-state index is 13.8. The number of benzene rings is 2. The fourth-order valence-electron chi connectivity index (χ4n) is 3.77. The quantitative estimate of drug-likeness (QED) is 0.658. The number of fused-ring (bicyclic) bond motifs is 2. The van der Waals surface area contributed by atoms with E-state index in [1.165, 1.54) is 11.6 Å². The van der Waals surface area contributed by atoms with Crippen LogP contribution in [0.4, 0.5) is 10.1 Å². The fraction of sp³-hybridized carbons (Fsp3) is 0.217. The average Bonchev–Trinajstić information content (AvgIpc) is 3.17. The number of rotatable bonds is 2. The van der Waals surface area contributed by atoms with Crippen LogP contribution in [-0.4, -0.2) is 31.4 Å². The van der Waals surface area contributed by atoms with Gasteiger partial charge in [-0.1, -0.05) is 12.1 Å². The summed E-state index contributed by atoms with van der Waals surface area (Å²) in [4.78, 5) is 11.4. The van der Waals surface area contributed by atoms with Crippen LogP contribution in [0.5, 0.6) is 5.88 Å². The normalized spacial score (nSPS) is 14.6. The number of pyridine rings is 1. The summed E-state index contributed by atoms with van der Waals surface area (Å²) in [6.07, 6.45) is 1.92. The topological polar surface area (TPSA) is 37.7 Å². The van der Waals surface area contributed by atoms with Crippen molar-refractivity contribution in [3.63, 3.8) is 0 Å². The van der Waals surface area contributed by atoms with Crippen molar-refractivity contribution in [3.8, 4) is 28.3 Å². The molecular weight excluding hydrogens is 353 g/mol. The lowest BCUT2D eigenvalue weighted by Crippen LogP contribution is -2.29. The molecule has 3 aromatic rings. The second-order valence-corrected chi connectivity index (χ2v) is 7.33. The lowest BCUT2D eigenvalue weighted by atomic mass is 9.95. The second-order valence-electron chi connectivity index (χ2n) is 7.33. The minimum atomic E-state index is -0.215. The monoisotopic (exact) mass is 373 g/mol. The number of hydrogen-bond acceptors (Lipinski definition) is 4. The van der Waals surface area contributed by atoms with E-state index in [2.05, 4.69) is 34.2 Å². The molecule has 28 heavy (non-hydrogen) atoms. The van der Waals surface area contributed by atoms with E-state index in [-0.39, 0.29) is 5.82 Å². The molecule has 0 atom stereocenters. The highest BCUT2D eigenvalue weighted by molar-refractivity contribution is 5.90. The highest BCUT2D eigenvalue weighted by Crippen LogP contribution is 2.40. The van der Waals surface area contributed by atoms with E-state index < -0.39 is 0 Å². The number of anilines is 1. The molecular formula is C23H20FN3O. The molecule has 1 aromatic heterocycles. The van der Waals surface area contributed by atoms with Crippen LogP contribution in [0.1, 0.15) is 16.7 Å². The molecule has 140 valence electrons. The molecule has 0 aliphatic carbocycles. The van der Waals surface area contributed by atoms with Crippen LogP contribution in [0, 0.1) is 12.7 Å². The molecule has 0 N–H and O–H groups in total. The van der Waals surface area contributed by atoms with Gasteiger partial charge in [-0.25, -0.2) is 9.37 Å². The Labute approximate surface area is 163 Å². The molecule has 5 heteroatoms. The minimum absolute atomic E-state index is 0.215. The number of ether oxygens (including phenoxy) is 1. The van der Waals surface area contributed by atoms with E-state index in [1.807, 2.05) is 19.3 Å². The van der Waals surface area contributed by atoms with Gasteiger partial charge in [0.1, 0.15) is 18.1 Å². The van der Waals surface area contributed by atoms with E-state index >= 15 is 0 Å². The van der Waals surface area contributed by atoms with Gasteiger partial charge in [0.15, 0.2) is 0 Å². The van der Waals surface area contributed by atoms with Gasteiger partial charge in [0, 0.05) is 24.4 Å². The summed E-state index contributed by atoms with van der Waals surface area (Å²) < 4.78 is 19.7. The Kier molecular flexibility index (Phi) is 3.90. The zero-order valence-electron chi connectivity index (χ0n) is 15.9. The minimum Gasteiger partial charge on any atom is -0.474 e. The van der Waals surface area contributed by atoms with Crippen LogP contribution < -0.4 is 9.64 Å². The van der Waals surface area contributed by atoms with Crippen LogP contribution in [0.25, 0.3) is 22.4 Å². The van der Waals surface area contributed by atoms with Crippen molar-refractivity contribution in [2.45, 2.75) is 13.5 Å². The average molecular weight is 373 g/mol. The van der Waals surface area contributed by atoms with Crippen LogP contribution in [-0.2, 0) is 6.54 Å². The van der Waals surface area contributed by atoms with Crippen molar-refractivity contribution in [1.29, 1.82) is 0 Å². The first-order valence-electron chi connectivity index (χ1n) is 9.39. The highest BCUT2D eigenvalue weighted by Gasteiger charge is 2.22. The number of aliphatic imine (C=N–C) groups is 1. The lowest BCUT2D eigenvalue weighted by Gasteiger charge is -2.28. The standard InChI is InChI=1S/C23H20FN3O/c1-14-9-16(5-6-20(14)24)22-19(11-21-23(26-22)28-8-7-27(21)2)15-3-4-17-12-25-13-18(17)10-15/h3-6,9-11,13H,7-8,12H2,1-2H3. The number of nitrogens with zero attached hydrogens (tertiary/aromatic N) is 3. The van der Waals surface area contributed by atoms with Gasteiger partial charge < -0.3 is 9.64 Å². The van der Waals surface area contributed by atoms with Crippen LogP contribution >= 0.6 is 0 Å². The first kappa shape index (κ1) is 16.9. The summed E-state index contributed by atoms with van der Waals surface area (Å²) in [6.45, 7) is 3.93. The van der Waals surface area contributed by atoms with Gasteiger partial charge in [-0.2, -0.15) is 0 Å². The van der Waals surface area contributed by atoms with Crippen molar-refractivity contribution in [3.05, 3.63) is 65.0 Å². The molecule has 0 saturated heterocycles. The number of likely N-dealkylation sites (N-methyl/N-ethyl adjacent to an activating group) is 1. The largest absolute Gasteiger partial charge is 0.474 e. The third-order valence-corrected chi connectivity index (χ3v) is 5.43. The molecule has 0 saturated carbocycles. The van der Waals surface area contributed by atoms with E-state index in [0.717, 1.165) is 46.7 Å². The number of aryl methyl sites for hydroxylation is 1. The zero-order chi connectivity index (χ0) is 19.3. The summed E-state index contributed by atoms with van der Waals surface area (Å²) in [5.41, 5.74) is 7.69. The Hall–Kier alpha value is -3.21. The van der Waals surface area contributed by atoms with Crippen molar-refractivity contribution in [2.24, 2.45) is 4.99 Å². The van der Waals surface area contributed by atoms with Crippen molar-refractivity contribution in [2.75, 3.05) is 25.1 Å². The third kappa shape index (κ3) is 2.74. The summed E-state index contributed by atoms with van der Waals surface area (Å²) in [7, 11) is 2.05. The third-order valence-electron chi connectivity index (χ3n) is 5.43. The molecule has 0 radical (unpaired) electrons. The van der Waals surface area contributed by atoms with Gasteiger partial charge in [-0.15, -0.1) is 0 Å². The molecule has 5 rings (SSSR count). The molecule has 0 amide bonds. The summed E-state index contributed by atoms with van der Waals surface area (Å²) >= 11 is 0. The summed E-state index contributed by atoms with van der Waals surface area (Å²) in [5.74, 6) is 0.408. The number of aromatic nitrogens is 1. The first-order chi connectivity index (χ1) is 13.6. The predicted molar refractivity (Wildman–Crippen MR) is 110 cm³/mol. The number of halogens is 1. The molecule has 2 aromatic carbocycles. The SMILES string of the molecule is Cc1cc(-c2nc3c(cc2-c2ccc4c(c2)C=NC4)N(C)CCO3)ccc1F. The Bertz CT molecular complexity index is 1120. The van der Waals surface area contributed by atoms with E-state index in [1.54, 1.807) is 13.0 Å². The maximum Gasteiger partial charge on any atom is 0.238 e. The molecule has 2 aliphatic heterocycles. The van der Waals surface area contributed by atoms with Gasteiger partial charge in [0.25, 0.3) is 0 Å². The Balaban J connectivity index is 1.74. The molecule has 0 unspecified atom stereocenters. The molecule has 0 spiro atoms. The van der Waals surface area contributed by atoms with Crippen LogP contribution in [0.2, 0.25) is 0 Å². The van der Waals surface area contributed by atoms with Gasteiger partial charge in [-0.3, -0.25) is 4.99 Å². The summed E-state index contributed by atoms with van der Waals surface area (Å²) in [5, 5.41) is 0. The molecule has 0 bridgehead atoms. The smallest absolute Gasteiger partial charge is 0.238 e. The van der Waals surface area contributed by atoms with Gasteiger partial charge in [0.2, 0.25) is 5.88 Å². The van der Waals surface area contributed by atoms with Gasteiger partial charge in [-0.05, 0) is 59.5 Å². The van der Waals surface area contributed by atoms with Crippen LogP contribution in [0.3, 0.4) is 0 Å². The second kappa shape index (κ2) is 6.44. The van der Waals surface area contributed by atoms with E-state index in [9.17, 15) is 4.39 Å². The first-order valence-corrected chi connectivity index (χ1v) is 9.39. The van der Waals surface area contributed by atoms with E-state index in [0.29, 0.717) is 18.1 Å². The Morgan fingerprint density at radius 2 is 1.93 bits per heavy atom. The highest BCUT2D eigenvalue weighted by atomic mass is 19.1. The summed E-state index contributed by atoms with van der Waals surface area (Å²) in [6, 6.07) is 13.6. The lowest BCUT2D eigenvalue weighted by molar-refractivity contribution is 0.299. The van der Waals surface area contributed by atoms with Crippen LogP contribution in [0.15, 0.2) is 47.5 Å². The van der Waals surface area contributed by atoms with Crippen molar-refractivity contribution in [1.82, 2.24) is 4.98 Å². The molecule has 3 heterocycles. The van der Waals surface area contributed by atoms with Crippen molar-refractivity contribution < 1.29 is 9.13 Å². The molecule has 2 aliphatic rings. The van der Waals surface area contributed by atoms with E-state index in [4.69, 9.17) is 9.72 Å². The van der Waals surface area contributed by atoms with Crippen molar-refractivity contribution >= 4 is 11.9 Å². The molecule has 4 nitrogen and oxygen atoms in total. The Morgan fingerprint density at radius 3 is 2.79 bits per heavy atom. The van der Waals surface area contributed by atoms with Gasteiger partial charge >= 0.3 is 0 Å².